The number of nitrogens with one attached hydrogen (secondary N) is 1. The van der Waals surface area contributed by atoms with E-state index in [1.807, 2.05) is 6.07 Å². The zero-order chi connectivity index (χ0) is 10.4. The SMILES string of the molecule is CCCCNC(C)c1cc(OC)ns1. The molecule has 0 aliphatic rings. The Morgan fingerprint density at radius 1 is 1.64 bits per heavy atom. The topological polar surface area (TPSA) is 34.1 Å². The summed E-state index contributed by atoms with van der Waals surface area (Å²) >= 11 is 1.50. The average molecular weight is 214 g/mol. The van der Waals surface area contributed by atoms with Gasteiger partial charge in [0.25, 0.3) is 0 Å². The molecule has 0 fully saturated rings. The summed E-state index contributed by atoms with van der Waals surface area (Å²) in [5, 5.41) is 3.45. The number of rotatable bonds is 6. The summed E-state index contributed by atoms with van der Waals surface area (Å²) in [5.41, 5.74) is 0. The van der Waals surface area contributed by atoms with Crippen LogP contribution in [0.15, 0.2) is 6.07 Å². The van der Waals surface area contributed by atoms with E-state index in [0.29, 0.717) is 11.9 Å². The Hall–Kier alpha value is -0.610. The third-order valence-corrected chi connectivity index (χ3v) is 3.08. The molecule has 3 nitrogen and oxygen atoms in total. The number of hydrogen-bond acceptors (Lipinski definition) is 4. The molecule has 1 aromatic rings. The van der Waals surface area contributed by atoms with Crippen LogP contribution < -0.4 is 10.1 Å². The Morgan fingerprint density at radius 2 is 2.43 bits per heavy atom. The monoisotopic (exact) mass is 214 g/mol. The highest BCUT2D eigenvalue weighted by molar-refractivity contribution is 7.06. The third-order valence-electron chi connectivity index (χ3n) is 2.12. The Balaban J connectivity index is 2.39. The van der Waals surface area contributed by atoms with Crippen LogP contribution in [-0.4, -0.2) is 18.0 Å². The number of ether oxygens (including phenoxy) is 1. The molecule has 0 saturated heterocycles. The van der Waals surface area contributed by atoms with Gasteiger partial charge in [-0.2, -0.15) is 4.37 Å². The summed E-state index contributed by atoms with van der Waals surface area (Å²) < 4.78 is 9.21. The van der Waals surface area contributed by atoms with E-state index in [0.717, 1.165) is 6.54 Å². The van der Waals surface area contributed by atoms with Crippen LogP contribution in [0.3, 0.4) is 0 Å². The summed E-state index contributed by atoms with van der Waals surface area (Å²) in [4.78, 5) is 1.23. The first kappa shape index (κ1) is 11.5. The van der Waals surface area contributed by atoms with Gasteiger partial charge in [0.1, 0.15) is 0 Å². The lowest BCUT2D eigenvalue weighted by Crippen LogP contribution is -2.18. The van der Waals surface area contributed by atoms with Crippen molar-refractivity contribution in [3.05, 3.63) is 10.9 Å². The Labute approximate surface area is 89.7 Å². The van der Waals surface area contributed by atoms with Crippen molar-refractivity contribution in [3.8, 4) is 5.88 Å². The molecular formula is C10H18N2OS. The van der Waals surface area contributed by atoms with E-state index in [-0.39, 0.29) is 0 Å². The fourth-order valence-corrected chi connectivity index (χ4v) is 1.89. The minimum atomic E-state index is 0.378. The van der Waals surface area contributed by atoms with E-state index in [4.69, 9.17) is 4.74 Å². The molecule has 0 bridgehead atoms. The van der Waals surface area contributed by atoms with Gasteiger partial charge in [-0.3, -0.25) is 0 Å². The van der Waals surface area contributed by atoms with Gasteiger partial charge in [0.2, 0.25) is 5.88 Å². The van der Waals surface area contributed by atoms with Crippen molar-refractivity contribution < 1.29 is 4.74 Å². The van der Waals surface area contributed by atoms with Gasteiger partial charge in [-0.25, -0.2) is 0 Å². The van der Waals surface area contributed by atoms with Crippen LogP contribution in [-0.2, 0) is 0 Å². The molecule has 0 radical (unpaired) electrons. The van der Waals surface area contributed by atoms with Crippen molar-refractivity contribution >= 4 is 11.5 Å². The van der Waals surface area contributed by atoms with E-state index in [1.54, 1.807) is 7.11 Å². The van der Waals surface area contributed by atoms with Crippen molar-refractivity contribution in [3.63, 3.8) is 0 Å². The van der Waals surface area contributed by atoms with Gasteiger partial charge in [-0.05, 0) is 31.4 Å². The van der Waals surface area contributed by atoms with Gasteiger partial charge in [0.15, 0.2) is 0 Å². The molecule has 4 heteroatoms. The predicted molar refractivity (Wildman–Crippen MR) is 60.0 cm³/mol. The Kier molecular flexibility index (Phi) is 4.90. The van der Waals surface area contributed by atoms with Crippen molar-refractivity contribution in [2.24, 2.45) is 0 Å². The summed E-state index contributed by atoms with van der Waals surface area (Å²) in [7, 11) is 1.65. The van der Waals surface area contributed by atoms with Gasteiger partial charge in [0.05, 0.1) is 7.11 Å². The maximum atomic E-state index is 5.04. The fourth-order valence-electron chi connectivity index (χ4n) is 1.17. The second-order valence-corrected chi connectivity index (χ2v) is 4.14. The van der Waals surface area contributed by atoms with E-state index < -0.39 is 0 Å². The molecule has 1 rings (SSSR count). The number of unbranched alkanes of at least 4 members (excludes halogenated alkanes) is 1. The van der Waals surface area contributed by atoms with E-state index in [2.05, 4.69) is 23.5 Å². The minimum absolute atomic E-state index is 0.378. The molecular weight excluding hydrogens is 196 g/mol. The zero-order valence-electron chi connectivity index (χ0n) is 9.04. The van der Waals surface area contributed by atoms with Crippen molar-refractivity contribution in [1.29, 1.82) is 0 Å². The van der Waals surface area contributed by atoms with Crippen LogP contribution >= 0.6 is 11.5 Å². The smallest absolute Gasteiger partial charge is 0.225 e. The van der Waals surface area contributed by atoms with Gasteiger partial charge in [-0.1, -0.05) is 13.3 Å². The second-order valence-electron chi connectivity index (χ2n) is 3.30. The normalized spacial score (nSPS) is 12.8. The molecule has 1 aromatic heterocycles. The summed E-state index contributed by atoms with van der Waals surface area (Å²) in [6.07, 6.45) is 2.45. The number of nitrogens with zero attached hydrogens (tertiary/aromatic N) is 1. The Bertz CT molecular complexity index is 262. The molecule has 1 N–H and O–H groups in total. The molecule has 0 aliphatic heterocycles. The zero-order valence-corrected chi connectivity index (χ0v) is 9.86. The second kappa shape index (κ2) is 5.98. The summed E-state index contributed by atoms with van der Waals surface area (Å²) in [5.74, 6) is 0.717. The fraction of sp³-hybridized carbons (Fsp3) is 0.700. The molecule has 1 heterocycles. The Morgan fingerprint density at radius 3 is 3.00 bits per heavy atom. The van der Waals surface area contributed by atoms with Crippen molar-refractivity contribution in [2.45, 2.75) is 32.7 Å². The maximum Gasteiger partial charge on any atom is 0.225 e. The molecule has 14 heavy (non-hydrogen) atoms. The van der Waals surface area contributed by atoms with E-state index >= 15 is 0 Å². The third kappa shape index (κ3) is 3.27. The van der Waals surface area contributed by atoms with Crippen LogP contribution in [0.4, 0.5) is 0 Å². The highest BCUT2D eigenvalue weighted by Gasteiger charge is 2.08. The summed E-state index contributed by atoms with van der Waals surface area (Å²) in [6.45, 7) is 5.42. The predicted octanol–water partition coefficient (Wildman–Crippen LogP) is 2.60. The number of methoxy groups -OCH3 is 1. The molecule has 0 amide bonds. The average Bonchev–Trinajstić information content (AvgIpc) is 2.66. The van der Waals surface area contributed by atoms with E-state index in [1.165, 1.54) is 29.3 Å². The van der Waals surface area contributed by atoms with Crippen LogP contribution in [0.5, 0.6) is 5.88 Å². The van der Waals surface area contributed by atoms with Crippen LogP contribution in [0, 0.1) is 0 Å². The van der Waals surface area contributed by atoms with Gasteiger partial charge < -0.3 is 10.1 Å². The van der Waals surface area contributed by atoms with Crippen molar-refractivity contribution in [2.75, 3.05) is 13.7 Å². The van der Waals surface area contributed by atoms with Gasteiger partial charge in [-0.15, -0.1) is 0 Å². The molecule has 1 unspecified atom stereocenters. The number of aromatic nitrogens is 1. The highest BCUT2D eigenvalue weighted by Crippen LogP contribution is 2.22. The van der Waals surface area contributed by atoms with Crippen LogP contribution in [0.25, 0.3) is 0 Å². The van der Waals surface area contributed by atoms with Gasteiger partial charge in [0, 0.05) is 17.0 Å². The minimum Gasteiger partial charge on any atom is -0.480 e. The largest absolute Gasteiger partial charge is 0.480 e. The quantitative estimate of drug-likeness (QED) is 0.739. The molecule has 0 spiro atoms. The van der Waals surface area contributed by atoms with Gasteiger partial charge >= 0.3 is 0 Å². The first-order valence-electron chi connectivity index (χ1n) is 5.02. The molecule has 1 atom stereocenters. The van der Waals surface area contributed by atoms with Crippen LogP contribution in [0.2, 0.25) is 0 Å². The molecule has 0 aliphatic carbocycles. The molecule has 0 saturated carbocycles. The first-order chi connectivity index (χ1) is 6.77. The standard InChI is InChI=1S/C10H18N2OS/c1-4-5-6-11-8(2)9-7-10(13-3)12-14-9/h7-8,11H,4-6H2,1-3H3. The highest BCUT2D eigenvalue weighted by atomic mass is 32.1. The van der Waals surface area contributed by atoms with Crippen LogP contribution in [0.1, 0.15) is 37.6 Å². The first-order valence-corrected chi connectivity index (χ1v) is 5.79. The number of hydrogen-bond donors (Lipinski definition) is 1. The van der Waals surface area contributed by atoms with E-state index in [9.17, 15) is 0 Å². The van der Waals surface area contributed by atoms with Crippen molar-refractivity contribution in [1.82, 2.24) is 9.69 Å². The lowest BCUT2D eigenvalue weighted by atomic mass is 10.2. The maximum absolute atomic E-state index is 5.04. The lowest BCUT2D eigenvalue weighted by Gasteiger charge is -2.10. The summed E-state index contributed by atoms with van der Waals surface area (Å²) in [6, 6.07) is 2.37. The molecule has 0 aromatic carbocycles. The lowest BCUT2D eigenvalue weighted by molar-refractivity contribution is 0.402. The molecule has 80 valence electrons.